The molecule has 0 aliphatic carbocycles. The van der Waals surface area contributed by atoms with Crippen LogP contribution in [-0.2, 0) is 0 Å². The molecule has 1 aromatic heterocycles. The highest BCUT2D eigenvalue weighted by atomic mass is 32.1. The van der Waals surface area contributed by atoms with Crippen molar-refractivity contribution in [2.75, 3.05) is 24.4 Å². The van der Waals surface area contributed by atoms with Gasteiger partial charge in [0.2, 0.25) is 5.13 Å². The Bertz CT molecular complexity index is 1080. The van der Waals surface area contributed by atoms with Gasteiger partial charge in [-0.25, -0.2) is 4.98 Å². The lowest BCUT2D eigenvalue weighted by Crippen LogP contribution is -2.08. The van der Waals surface area contributed by atoms with Gasteiger partial charge in [0, 0.05) is 30.7 Å². The molecule has 0 radical (unpaired) electrons. The Morgan fingerprint density at radius 2 is 1.74 bits per heavy atom. The molecule has 0 atom stereocenters. The minimum atomic E-state index is 0.777. The third-order valence-corrected chi connectivity index (χ3v) is 5.08. The summed E-state index contributed by atoms with van der Waals surface area (Å²) in [5.41, 5.74) is 7.30. The summed E-state index contributed by atoms with van der Waals surface area (Å²) in [4.78, 5) is 6.72. The Balaban J connectivity index is 1.45. The van der Waals surface area contributed by atoms with Crippen LogP contribution in [-0.4, -0.2) is 25.3 Å². The van der Waals surface area contributed by atoms with Crippen LogP contribution in [0.2, 0.25) is 0 Å². The van der Waals surface area contributed by atoms with Crippen LogP contribution < -0.4 is 10.3 Å². The Morgan fingerprint density at radius 3 is 2.52 bits per heavy atom. The number of hydrazone groups is 1. The van der Waals surface area contributed by atoms with E-state index in [1.165, 1.54) is 16.5 Å². The summed E-state index contributed by atoms with van der Waals surface area (Å²) in [5, 5.41) is 9.58. The van der Waals surface area contributed by atoms with Gasteiger partial charge in [-0.3, -0.25) is 5.43 Å². The van der Waals surface area contributed by atoms with E-state index in [1.807, 2.05) is 31.6 Å². The van der Waals surface area contributed by atoms with Crippen LogP contribution in [0.4, 0.5) is 10.8 Å². The van der Waals surface area contributed by atoms with E-state index in [-0.39, 0.29) is 0 Å². The van der Waals surface area contributed by atoms with E-state index in [4.69, 9.17) is 0 Å². The van der Waals surface area contributed by atoms with Crippen LogP contribution in [0.1, 0.15) is 5.56 Å². The van der Waals surface area contributed by atoms with Crippen molar-refractivity contribution >= 4 is 39.1 Å². The number of benzene rings is 3. The van der Waals surface area contributed by atoms with E-state index in [0.717, 1.165) is 22.0 Å². The number of anilines is 2. The van der Waals surface area contributed by atoms with Gasteiger partial charge in [-0.05, 0) is 34.5 Å². The van der Waals surface area contributed by atoms with E-state index in [0.29, 0.717) is 0 Å². The second kappa shape index (κ2) is 7.60. The summed E-state index contributed by atoms with van der Waals surface area (Å²) in [7, 11) is 4.06. The van der Waals surface area contributed by atoms with Crippen LogP contribution >= 0.6 is 11.3 Å². The predicted octanol–water partition coefficient (Wildman–Crippen LogP) is 5.48. The van der Waals surface area contributed by atoms with Gasteiger partial charge in [-0.15, -0.1) is 11.3 Å². The fourth-order valence-corrected chi connectivity index (χ4v) is 3.50. The first kappa shape index (κ1) is 17.2. The van der Waals surface area contributed by atoms with Crippen molar-refractivity contribution in [1.29, 1.82) is 0 Å². The van der Waals surface area contributed by atoms with Crippen molar-refractivity contribution in [3.05, 3.63) is 77.7 Å². The van der Waals surface area contributed by atoms with Crippen molar-refractivity contribution in [1.82, 2.24) is 4.98 Å². The van der Waals surface area contributed by atoms with E-state index in [1.54, 1.807) is 17.6 Å². The fourth-order valence-electron chi connectivity index (χ4n) is 2.83. The molecule has 3 aromatic carbocycles. The van der Waals surface area contributed by atoms with Crippen molar-refractivity contribution in [2.45, 2.75) is 0 Å². The van der Waals surface area contributed by atoms with Gasteiger partial charge in [0.15, 0.2) is 0 Å². The molecule has 0 amide bonds. The largest absolute Gasteiger partial charge is 0.378 e. The molecule has 27 heavy (non-hydrogen) atoms. The Hall–Kier alpha value is -3.18. The summed E-state index contributed by atoms with van der Waals surface area (Å²) in [6, 6.07) is 23.0. The van der Waals surface area contributed by atoms with Gasteiger partial charge in [-0.1, -0.05) is 48.5 Å². The highest BCUT2D eigenvalue weighted by Crippen LogP contribution is 2.27. The fraction of sp³-hybridized carbons (Fsp3) is 0.0909. The maximum atomic E-state index is 4.64. The van der Waals surface area contributed by atoms with Crippen LogP contribution in [0.3, 0.4) is 0 Å². The number of nitrogens with zero attached hydrogens (tertiary/aromatic N) is 3. The van der Waals surface area contributed by atoms with E-state index in [2.05, 4.69) is 75.0 Å². The molecule has 0 aliphatic heterocycles. The minimum Gasteiger partial charge on any atom is -0.378 e. The molecular formula is C22H20N4S. The third kappa shape index (κ3) is 3.99. The zero-order valence-electron chi connectivity index (χ0n) is 15.3. The zero-order valence-corrected chi connectivity index (χ0v) is 16.1. The van der Waals surface area contributed by atoms with E-state index >= 15 is 0 Å². The average molecular weight is 372 g/mol. The Labute approximate surface area is 162 Å². The van der Waals surface area contributed by atoms with Crippen LogP contribution in [0.15, 0.2) is 77.2 Å². The van der Waals surface area contributed by atoms with Crippen molar-refractivity contribution < 1.29 is 0 Å². The normalized spacial score (nSPS) is 11.2. The number of hydrogen-bond acceptors (Lipinski definition) is 5. The third-order valence-electron chi connectivity index (χ3n) is 4.33. The zero-order chi connectivity index (χ0) is 18.6. The molecular weight excluding hydrogens is 352 g/mol. The molecule has 4 nitrogen and oxygen atoms in total. The smallest absolute Gasteiger partial charge is 0.203 e. The van der Waals surface area contributed by atoms with E-state index in [9.17, 15) is 0 Å². The first-order chi connectivity index (χ1) is 13.2. The first-order valence-corrected chi connectivity index (χ1v) is 9.58. The molecule has 1 N–H and O–H groups in total. The Kier molecular flexibility index (Phi) is 4.85. The van der Waals surface area contributed by atoms with Gasteiger partial charge >= 0.3 is 0 Å². The lowest BCUT2D eigenvalue weighted by Gasteiger charge is -2.11. The minimum absolute atomic E-state index is 0.777. The second-order valence-corrected chi connectivity index (χ2v) is 7.31. The molecule has 1 heterocycles. The van der Waals surface area contributed by atoms with Gasteiger partial charge in [0.05, 0.1) is 11.9 Å². The lowest BCUT2D eigenvalue weighted by atomic mass is 10.1. The van der Waals surface area contributed by atoms with Gasteiger partial charge in [-0.2, -0.15) is 5.10 Å². The van der Waals surface area contributed by atoms with Crippen LogP contribution in [0, 0.1) is 0 Å². The van der Waals surface area contributed by atoms with E-state index < -0.39 is 0 Å². The number of aromatic nitrogens is 1. The monoisotopic (exact) mass is 372 g/mol. The molecule has 134 valence electrons. The molecule has 0 spiro atoms. The van der Waals surface area contributed by atoms with Gasteiger partial charge in [0.1, 0.15) is 0 Å². The number of nitrogens with one attached hydrogen (secondary N) is 1. The maximum absolute atomic E-state index is 4.64. The first-order valence-electron chi connectivity index (χ1n) is 8.70. The molecule has 0 aliphatic rings. The summed E-state index contributed by atoms with van der Waals surface area (Å²) in [6.07, 6.45) is 1.80. The molecule has 5 heteroatoms. The van der Waals surface area contributed by atoms with Crippen LogP contribution in [0.5, 0.6) is 0 Å². The number of hydrogen-bond donors (Lipinski definition) is 1. The molecule has 0 bridgehead atoms. The quantitative estimate of drug-likeness (QED) is 0.373. The van der Waals surface area contributed by atoms with Crippen molar-refractivity contribution in [3.8, 4) is 11.3 Å². The summed E-state index contributed by atoms with van der Waals surface area (Å²) >= 11 is 1.55. The molecule has 4 aromatic rings. The standard InChI is InChI=1S/C22H20N4S/c1-26(2)20-11-7-16(8-12-20)14-23-25-22-24-21(15-27-22)19-10-9-17-5-3-4-6-18(17)13-19/h3-15H,1-2H3,(H,24,25)/b23-14+. The molecule has 0 fully saturated rings. The summed E-state index contributed by atoms with van der Waals surface area (Å²) in [6.45, 7) is 0. The van der Waals surface area contributed by atoms with Crippen molar-refractivity contribution in [2.24, 2.45) is 5.10 Å². The second-order valence-electron chi connectivity index (χ2n) is 6.46. The topological polar surface area (TPSA) is 40.5 Å². The number of fused-ring (bicyclic) bond motifs is 1. The highest BCUT2D eigenvalue weighted by Gasteiger charge is 2.05. The van der Waals surface area contributed by atoms with Gasteiger partial charge in [0.25, 0.3) is 0 Å². The number of thiazole rings is 1. The maximum Gasteiger partial charge on any atom is 0.203 e. The molecule has 0 saturated heterocycles. The summed E-state index contributed by atoms with van der Waals surface area (Å²) in [5.74, 6) is 0. The van der Waals surface area contributed by atoms with Crippen molar-refractivity contribution in [3.63, 3.8) is 0 Å². The highest BCUT2D eigenvalue weighted by molar-refractivity contribution is 7.14. The molecule has 4 rings (SSSR count). The summed E-state index contributed by atoms with van der Waals surface area (Å²) < 4.78 is 0. The number of rotatable bonds is 5. The van der Waals surface area contributed by atoms with Gasteiger partial charge < -0.3 is 4.90 Å². The average Bonchev–Trinajstić information content (AvgIpc) is 3.17. The lowest BCUT2D eigenvalue weighted by molar-refractivity contribution is 1.13. The molecule has 0 unspecified atom stereocenters. The van der Waals surface area contributed by atoms with Crippen LogP contribution in [0.25, 0.3) is 22.0 Å². The predicted molar refractivity (Wildman–Crippen MR) is 117 cm³/mol. The SMILES string of the molecule is CN(C)c1ccc(/C=N/Nc2nc(-c3ccc4ccccc4c3)cs2)cc1. The Morgan fingerprint density at radius 1 is 0.963 bits per heavy atom. The molecule has 0 saturated carbocycles.